The molecule has 0 unspecified atom stereocenters. The lowest BCUT2D eigenvalue weighted by Crippen LogP contribution is -2.21. The third-order valence-electron chi connectivity index (χ3n) is 3.12. The van der Waals surface area contributed by atoms with Gasteiger partial charge in [-0.3, -0.25) is 0 Å². The number of imidazole rings is 1. The number of nitrogen functional groups attached to an aromatic ring is 1. The Bertz CT molecular complexity index is 422. The summed E-state index contributed by atoms with van der Waals surface area (Å²) < 4.78 is 6.52. The number of carbonyl (C=O) groups is 1. The molecule has 0 atom stereocenters. The van der Waals surface area contributed by atoms with Gasteiger partial charge in [0.15, 0.2) is 5.69 Å². The van der Waals surface area contributed by atoms with Crippen LogP contribution in [0.5, 0.6) is 0 Å². The molecule has 0 aliphatic rings. The first-order valence-electron chi connectivity index (χ1n) is 5.73. The summed E-state index contributed by atoms with van der Waals surface area (Å²) in [6.07, 6.45) is 1.03. The number of esters is 1. The van der Waals surface area contributed by atoms with Crippen molar-refractivity contribution in [2.75, 3.05) is 12.8 Å². The van der Waals surface area contributed by atoms with Crippen molar-refractivity contribution in [2.45, 2.75) is 40.7 Å². The second-order valence-electron chi connectivity index (χ2n) is 4.99. The van der Waals surface area contributed by atoms with Crippen molar-refractivity contribution in [1.29, 1.82) is 0 Å². The number of hydrogen-bond acceptors (Lipinski definition) is 4. The predicted molar refractivity (Wildman–Crippen MR) is 66.8 cm³/mol. The molecule has 5 heteroatoms. The summed E-state index contributed by atoms with van der Waals surface area (Å²) in [4.78, 5) is 15.6. The van der Waals surface area contributed by atoms with Crippen LogP contribution in [0.15, 0.2) is 0 Å². The van der Waals surface area contributed by atoms with Crippen molar-refractivity contribution >= 4 is 11.8 Å². The zero-order valence-electron chi connectivity index (χ0n) is 11.2. The van der Waals surface area contributed by atoms with E-state index in [0.29, 0.717) is 5.82 Å². The van der Waals surface area contributed by atoms with E-state index >= 15 is 0 Å². The molecule has 1 aromatic heterocycles. The van der Waals surface area contributed by atoms with Gasteiger partial charge in [0.05, 0.1) is 7.11 Å². The summed E-state index contributed by atoms with van der Waals surface area (Å²) >= 11 is 0. The molecule has 1 heterocycles. The fraction of sp³-hybridized carbons (Fsp3) is 0.667. The molecule has 0 saturated carbocycles. The van der Waals surface area contributed by atoms with Gasteiger partial charge in [-0.1, -0.05) is 20.8 Å². The molecule has 17 heavy (non-hydrogen) atoms. The van der Waals surface area contributed by atoms with E-state index in [1.165, 1.54) is 7.11 Å². The first-order chi connectivity index (χ1) is 7.82. The number of aryl methyl sites for hydroxylation is 1. The van der Waals surface area contributed by atoms with Crippen LogP contribution in [0.2, 0.25) is 0 Å². The van der Waals surface area contributed by atoms with Gasteiger partial charge in [0.25, 0.3) is 0 Å². The quantitative estimate of drug-likeness (QED) is 0.816. The zero-order chi connectivity index (χ0) is 13.2. The van der Waals surface area contributed by atoms with Gasteiger partial charge >= 0.3 is 5.97 Å². The lowest BCUT2D eigenvalue weighted by atomic mass is 9.90. The van der Waals surface area contributed by atoms with Gasteiger partial charge in [0.1, 0.15) is 11.6 Å². The molecule has 1 rings (SSSR count). The van der Waals surface area contributed by atoms with Gasteiger partial charge in [0.2, 0.25) is 0 Å². The molecule has 0 amide bonds. The highest BCUT2D eigenvalue weighted by Gasteiger charge is 2.23. The summed E-state index contributed by atoms with van der Waals surface area (Å²) in [6, 6.07) is 0. The summed E-state index contributed by atoms with van der Waals surface area (Å²) in [5.41, 5.74) is 6.27. The molecule has 0 aliphatic carbocycles. The number of aromatic nitrogens is 2. The number of nitrogens with zero attached hydrogens (tertiary/aromatic N) is 2. The standard InChI is InChI=1S/C12H21N3O2/c1-6-12(3,4)7-15-8(2)14-9(10(15)13)11(16)17-5/h6-7,13H2,1-5H3. The van der Waals surface area contributed by atoms with E-state index in [9.17, 15) is 4.79 Å². The number of methoxy groups -OCH3 is 1. The molecule has 0 fully saturated rings. The van der Waals surface area contributed by atoms with Crippen LogP contribution in [0.1, 0.15) is 43.5 Å². The topological polar surface area (TPSA) is 70.1 Å². The van der Waals surface area contributed by atoms with E-state index in [-0.39, 0.29) is 11.1 Å². The minimum absolute atomic E-state index is 0.118. The Morgan fingerprint density at radius 2 is 2.12 bits per heavy atom. The van der Waals surface area contributed by atoms with Gasteiger partial charge in [-0.05, 0) is 18.8 Å². The molecule has 0 aromatic carbocycles. The Kier molecular flexibility index (Phi) is 3.80. The Morgan fingerprint density at radius 3 is 2.59 bits per heavy atom. The van der Waals surface area contributed by atoms with Crippen LogP contribution in [0.25, 0.3) is 0 Å². The Labute approximate surface area is 102 Å². The zero-order valence-corrected chi connectivity index (χ0v) is 11.2. The van der Waals surface area contributed by atoms with E-state index < -0.39 is 5.97 Å². The first kappa shape index (κ1) is 13.5. The van der Waals surface area contributed by atoms with E-state index in [1.807, 2.05) is 11.5 Å². The smallest absolute Gasteiger partial charge is 0.360 e. The van der Waals surface area contributed by atoms with E-state index in [2.05, 4.69) is 30.5 Å². The fourth-order valence-corrected chi connectivity index (χ4v) is 1.57. The Hall–Kier alpha value is -1.52. The van der Waals surface area contributed by atoms with Crippen LogP contribution in [0, 0.1) is 12.3 Å². The Morgan fingerprint density at radius 1 is 1.53 bits per heavy atom. The average Bonchev–Trinajstić information content (AvgIpc) is 2.56. The summed E-state index contributed by atoms with van der Waals surface area (Å²) in [6.45, 7) is 9.02. The highest BCUT2D eigenvalue weighted by Crippen LogP contribution is 2.26. The van der Waals surface area contributed by atoms with Gasteiger partial charge < -0.3 is 15.0 Å². The van der Waals surface area contributed by atoms with Crippen LogP contribution < -0.4 is 5.73 Å². The van der Waals surface area contributed by atoms with Gasteiger partial charge in [-0.15, -0.1) is 0 Å². The van der Waals surface area contributed by atoms with Gasteiger partial charge in [0, 0.05) is 6.54 Å². The minimum Gasteiger partial charge on any atom is -0.464 e. The Balaban J connectivity index is 3.10. The van der Waals surface area contributed by atoms with Crippen molar-refractivity contribution in [1.82, 2.24) is 9.55 Å². The highest BCUT2D eigenvalue weighted by atomic mass is 16.5. The maximum atomic E-state index is 11.5. The lowest BCUT2D eigenvalue weighted by Gasteiger charge is -2.24. The third kappa shape index (κ3) is 2.78. The molecule has 5 nitrogen and oxygen atoms in total. The number of nitrogens with two attached hydrogens (primary N) is 1. The maximum Gasteiger partial charge on any atom is 0.360 e. The van der Waals surface area contributed by atoms with Crippen molar-refractivity contribution in [3.63, 3.8) is 0 Å². The van der Waals surface area contributed by atoms with Gasteiger partial charge in [-0.25, -0.2) is 9.78 Å². The normalized spacial score (nSPS) is 11.6. The highest BCUT2D eigenvalue weighted by molar-refractivity contribution is 5.92. The van der Waals surface area contributed by atoms with Crippen molar-refractivity contribution in [3.8, 4) is 0 Å². The summed E-state index contributed by atoms with van der Waals surface area (Å²) in [7, 11) is 1.33. The number of hydrogen-bond donors (Lipinski definition) is 1. The van der Waals surface area contributed by atoms with Crippen molar-refractivity contribution < 1.29 is 9.53 Å². The van der Waals surface area contributed by atoms with Crippen molar-refractivity contribution in [2.24, 2.45) is 5.41 Å². The minimum atomic E-state index is -0.487. The number of rotatable bonds is 4. The van der Waals surface area contributed by atoms with Gasteiger partial charge in [-0.2, -0.15) is 0 Å². The third-order valence-corrected chi connectivity index (χ3v) is 3.12. The van der Waals surface area contributed by atoms with E-state index in [1.54, 1.807) is 0 Å². The number of ether oxygens (including phenoxy) is 1. The number of anilines is 1. The molecular weight excluding hydrogens is 218 g/mol. The molecule has 0 radical (unpaired) electrons. The molecule has 2 N–H and O–H groups in total. The fourth-order valence-electron chi connectivity index (χ4n) is 1.57. The number of carbonyl (C=O) groups excluding carboxylic acids is 1. The van der Waals surface area contributed by atoms with Crippen LogP contribution in [0.4, 0.5) is 5.82 Å². The summed E-state index contributed by atoms with van der Waals surface area (Å²) in [5, 5.41) is 0. The molecule has 0 bridgehead atoms. The molecule has 1 aromatic rings. The predicted octanol–water partition coefficient (Wildman–Crippen LogP) is 2.00. The van der Waals surface area contributed by atoms with E-state index in [0.717, 1.165) is 18.8 Å². The second kappa shape index (κ2) is 4.77. The summed E-state index contributed by atoms with van der Waals surface area (Å²) in [5.74, 6) is 0.638. The van der Waals surface area contributed by atoms with Crippen LogP contribution in [-0.4, -0.2) is 22.6 Å². The van der Waals surface area contributed by atoms with Crippen LogP contribution >= 0.6 is 0 Å². The van der Waals surface area contributed by atoms with Crippen molar-refractivity contribution in [3.05, 3.63) is 11.5 Å². The average molecular weight is 239 g/mol. The monoisotopic (exact) mass is 239 g/mol. The van der Waals surface area contributed by atoms with Crippen LogP contribution in [0.3, 0.4) is 0 Å². The molecule has 0 saturated heterocycles. The molecule has 0 aliphatic heterocycles. The van der Waals surface area contributed by atoms with E-state index in [4.69, 9.17) is 5.73 Å². The molecule has 0 spiro atoms. The SMILES string of the molecule is CCC(C)(C)Cn1c(C)nc(C(=O)OC)c1N. The molecule has 96 valence electrons. The second-order valence-corrected chi connectivity index (χ2v) is 4.99. The first-order valence-corrected chi connectivity index (χ1v) is 5.73. The van der Waals surface area contributed by atoms with Crippen LogP contribution in [-0.2, 0) is 11.3 Å². The molecular formula is C12H21N3O2. The maximum absolute atomic E-state index is 11.5. The largest absolute Gasteiger partial charge is 0.464 e. The lowest BCUT2D eigenvalue weighted by molar-refractivity contribution is 0.0595.